The average Bonchev–Trinajstić information content (AvgIpc) is 2.55. The highest BCUT2D eigenvalue weighted by Gasteiger charge is 2.37. The normalized spacial score (nSPS) is 27.8. The second-order valence-electron chi connectivity index (χ2n) is 6.75. The number of nitrogens with one attached hydrogen (secondary N) is 2. The van der Waals surface area contributed by atoms with E-state index in [9.17, 15) is 4.79 Å². The van der Waals surface area contributed by atoms with Crippen molar-refractivity contribution in [3.63, 3.8) is 0 Å². The molecule has 4 nitrogen and oxygen atoms in total. The Kier molecular flexibility index (Phi) is 4.98. The van der Waals surface area contributed by atoms with Crippen LogP contribution in [0.4, 0.5) is 10.5 Å². The van der Waals surface area contributed by atoms with E-state index in [0.29, 0.717) is 18.6 Å². The smallest absolute Gasteiger partial charge is 0.411 e. The molecule has 0 aromatic heterocycles. The third-order valence-corrected chi connectivity index (χ3v) is 5.16. The molecule has 2 saturated heterocycles. The third kappa shape index (κ3) is 3.80. The standard InChI is InChI=1S/C18H26N2O2/c1-14-7-9-16(10-8-14)19-18(21)22-13-15-5-4-12-20-11-3-2-6-17(15)20/h7-10,15,17H,2-6,11-13H2,1H3,(H,19,21)/p+1/t15-,17-/m0/s1. The van der Waals surface area contributed by atoms with Gasteiger partial charge in [0.15, 0.2) is 0 Å². The Labute approximate surface area is 132 Å². The highest BCUT2D eigenvalue weighted by Crippen LogP contribution is 2.21. The molecule has 0 radical (unpaired) electrons. The zero-order chi connectivity index (χ0) is 15.4. The van der Waals surface area contributed by atoms with Crippen molar-refractivity contribution in [3.8, 4) is 0 Å². The van der Waals surface area contributed by atoms with E-state index < -0.39 is 0 Å². The van der Waals surface area contributed by atoms with Crippen molar-refractivity contribution in [2.75, 3.05) is 25.0 Å². The maximum atomic E-state index is 12.0. The van der Waals surface area contributed by atoms with Crippen molar-refractivity contribution in [1.29, 1.82) is 0 Å². The van der Waals surface area contributed by atoms with Gasteiger partial charge in [0, 0.05) is 11.6 Å². The van der Waals surface area contributed by atoms with Crippen LogP contribution in [-0.2, 0) is 4.74 Å². The highest BCUT2D eigenvalue weighted by atomic mass is 16.5. The number of anilines is 1. The summed E-state index contributed by atoms with van der Waals surface area (Å²) in [6, 6.07) is 8.49. The molecule has 1 aromatic carbocycles. The summed E-state index contributed by atoms with van der Waals surface area (Å²) in [4.78, 5) is 13.7. The molecule has 0 bridgehead atoms. The van der Waals surface area contributed by atoms with E-state index in [1.165, 1.54) is 50.8 Å². The van der Waals surface area contributed by atoms with Crippen LogP contribution in [0.5, 0.6) is 0 Å². The lowest BCUT2D eigenvalue weighted by atomic mass is 9.84. The number of piperidine rings is 2. The molecule has 3 atom stereocenters. The van der Waals surface area contributed by atoms with Crippen LogP contribution in [0.1, 0.15) is 37.7 Å². The van der Waals surface area contributed by atoms with Gasteiger partial charge in [-0.05, 0) is 51.2 Å². The van der Waals surface area contributed by atoms with Crippen LogP contribution >= 0.6 is 0 Å². The first kappa shape index (κ1) is 15.3. The number of benzene rings is 1. The molecule has 2 aliphatic heterocycles. The predicted octanol–water partition coefficient (Wildman–Crippen LogP) is 2.39. The summed E-state index contributed by atoms with van der Waals surface area (Å²) in [6.45, 7) is 5.20. The van der Waals surface area contributed by atoms with Gasteiger partial charge in [0.1, 0.15) is 6.61 Å². The number of quaternary nitrogens is 1. The van der Waals surface area contributed by atoms with Crippen LogP contribution in [0.2, 0.25) is 0 Å². The molecule has 22 heavy (non-hydrogen) atoms. The Morgan fingerprint density at radius 1 is 1.18 bits per heavy atom. The summed E-state index contributed by atoms with van der Waals surface area (Å²) < 4.78 is 5.50. The van der Waals surface area contributed by atoms with Crippen molar-refractivity contribution in [2.45, 2.75) is 45.1 Å². The van der Waals surface area contributed by atoms with Gasteiger partial charge in [-0.25, -0.2) is 4.79 Å². The molecule has 2 fully saturated rings. The van der Waals surface area contributed by atoms with Gasteiger partial charge in [0.25, 0.3) is 0 Å². The average molecular weight is 303 g/mol. The molecular weight excluding hydrogens is 276 g/mol. The number of hydrogen-bond donors (Lipinski definition) is 2. The van der Waals surface area contributed by atoms with E-state index >= 15 is 0 Å². The molecule has 2 aliphatic rings. The Hall–Kier alpha value is -1.55. The molecule has 120 valence electrons. The minimum Gasteiger partial charge on any atom is -0.449 e. The van der Waals surface area contributed by atoms with Gasteiger partial charge in [-0.3, -0.25) is 5.32 Å². The number of rotatable bonds is 3. The van der Waals surface area contributed by atoms with Gasteiger partial charge in [-0.2, -0.15) is 0 Å². The second-order valence-corrected chi connectivity index (χ2v) is 6.75. The summed E-state index contributed by atoms with van der Waals surface area (Å²) in [6.07, 6.45) is 6.12. The summed E-state index contributed by atoms with van der Waals surface area (Å²) in [7, 11) is 0. The number of carbonyl (C=O) groups excluding carboxylic acids is 1. The largest absolute Gasteiger partial charge is 0.449 e. The van der Waals surface area contributed by atoms with Gasteiger partial charge in [0.05, 0.1) is 19.1 Å². The van der Waals surface area contributed by atoms with Crippen LogP contribution in [0.25, 0.3) is 0 Å². The fraction of sp³-hybridized carbons (Fsp3) is 0.611. The Balaban J connectivity index is 1.48. The van der Waals surface area contributed by atoms with Crippen molar-refractivity contribution in [3.05, 3.63) is 29.8 Å². The van der Waals surface area contributed by atoms with E-state index in [1.807, 2.05) is 31.2 Å². The monoisotopic (exact) mass is 303 g/mol. The highest BCUT2D eigenvalue weighted by molar-refractivity contribution is 5.84. The lowest BCUT2D eigenvalue weighted by molar-refractivity contribution is -0.940. The third-order valence-electron chi connectivity index (χ3n) is 5.16. The van der Waals surface area contributed by atoms with Crippen LogP contribution in [0, 0.1) is 12.8 Å². The first-order chi connectivity index (χ1) is 10.7. The lowest BCUT2D eigenvalue weighted by Gasteiger charge is -2.40. The number of fused-ring (bicyclic) bond motifs is 1. The fourth-order valence-electron chi connectivity index (χ4n) is 3.95. The predicted molar refractivity (Wildman–Crippen MR) is 87.2 cm³/mol. The Bertz CT molecular complexity index is 498. The maximum Gasteiger partial charge on any atom is 0.411 e. The van der Waals surface area contributed by atoms with Gasteiger partial charge in [-0.15, -0.1) is 0 Å². The molecule has 0 aliphatic carbocycles. The number of hydrogen-bond acceptors (Lipinski definition) is 2. The Morgan fingerprint density at radius 2 is 1.95 bits per heavy atom. The molecule has 2 heterocycles. The van der Waals surface area contributed by atoms with Crippen LogP contribution in [-0.4, -0.2) is 31.8 Å². The molecule has 3 rings (SSSR count). The number of ether oxygens (including phenoxy) is 1. The van der Waals surface area contributed by atoms with E-state index in [0.717, 1.165) is 5.69 Å². The van der Waals surface area contributed by atoms with Crippen molar-refractivity contribution >= 4 is 11.8 Å². The Morgan fingerprint density at radius 3 is 2.77 bits per heavy atom. The van der Waals surface area contributed by atoms with Gasteiger partial charge < -0.3 is 9.64 Å². The maximum absolute atomic E-state index is 12.0. The second kappa shape index (κ2) is 7.14. The summed E-state index contributed by atoms with van der Waals surface area (Å²) >= 11 is 0. The summed E-state index contributed by atoms with van der Waals surface area (Å²) in [5.74, 6) is 0.535. The minimum absolute atomic E-state index is 0.327. The molecule has 0 spiro atoms. The number of aryl methyl sites for hydroxylation is 1. The zero-order valence-electron chi connectivity index (χ0n) is 13.4. The van der Waals surface area contributed by atoms with E-state index in [2.05, 4.69) is 5.32 Å². The molecule has 2 N–H and O–H groups in total. The van der Waals surface area contributed by atoms with Crippen molar-refractivity contribution in [1.82, 2.24) is 0 Å². The first-order valence-corrected chi connectivity index (χ1v) is 8.57. The quantitative estimate of drug-likeness (QED) is 0.900. The zero-order valence-corrected chi connectivity index (χ0v) is 13.4. The molecule has 4 heteroatoms. The molecule has 1 unspecified atom stereocenters. The van der Waals surface area contributed by atoms with Gasteiger partial charge in [-0.1, -0.05) is 17.7 Å². The SMILES string of the molecule is Cc1ccc(NC(=O)OC[C@@H]2CCC[NH+]3CCCC[C@@H]23)cc1. The molecule has 0 saturated carbocycles. The van der Waals surface area contributed by atoms with Crippen molar-refractivity contribution < 1.29 is 14.4 Å². The van der Waals surface area contributed by atoms with Crippen LogP contribution in [0.15, 0.2) is 24.3 Å². The summed E-state index contributed by atoms with van der Waals surface area (Å²) in [5, 5.41) is 2.81. The molecular formula is C18H27N2O2+. The topological polar surface area (TPSA) is 42.8 Å². The van der Waals surface area contributed by atoms with E-state index in [1.54, 1.807) is 4.90 Å². The molecule has 1 aromatic rings. The minimum atomic E-state index is -0.327. The first-order valence-electron chi connectivity index (χ1n) is 8.57. The molecule has 1 amide bonds. The van der Waals surface area contributed by atoms with E-state index in [-0.39, 0.29) is 6.09 Å². The fourth-order valence-corrected chi connectivity index (χ4v) is 3.95. The number of carbonyl (C=O) groups is 1. The van der Waals surface area contributed by atoms with Crippen LogP contribution in [0.3, 0.4) is 0 Å². The lowest BCUT2D eigenvalue weighted by Crippen LogP contribution is -3.18. The van der Waals surface area contributed by atoms with Gasteiger partial charge >= 0.3 is 6.09 Å². The number of amides is 1. The van der Waals surface area contributed by atoms with Crippen molar-refractivity contribution in [2.24, 2.45) is 5.92 Å². The van der Waals surface area contributed by atoms with E-state index in [4.69, 9.17) is 4.74 Å². The summed E-state index contributed by atoms with van der Waals surface area (Å²) in [5.41, 5.74) is 1.98. The van der Waals surface area contributed by atoms with Crippen LogP contribution < -0.4 is 10.2 Å². The van der Waals surface area contributed by atoms with Gasteiger partial charge in [0.2, 0.25) is 0 Å².